The Labute approximate surface area is 158 Å². The molecule has 0 saturated carbocycles. The Hall–Kier alpha value is -2.70. The van der Waals surface area contributed by atoms with Crippen LogP contribution in [0.15, 0.2) is 36.5 Å². The topological polar surface area (TPSA) is 78.1 Å². The molecule has 3 rings (SSSR count). The van der Waals surface area contributed by atoms with Gasteiger partial charge in [-0.1, -0.05) is 38.1 Å². The first-order chi connectivity index (χ1) is 12.9. The van der Waals surface area contributed by atoms with Gasteiger partial charge >= 0.3 is 0 Å². The fourth-order valence-electron chi connectivity index (χ4n) is 3.46. The lowest BCUT2D eigenvalue weighted by atomic mass is 9.97. The average molecular weight is 372 g/mol. The molecule has 0 unspecified atom stereocenters. The maximum absolute atomic E-state index is 13.8. The number of benzene rings is 1. The van der Waals surface area contributed by atoms with E-state index in [-0.39, 0.29) is 24.8 Å². The molecule has 1 aliphatic rings. The van der Waals surface area contributed by atoms with Gasteiger partial charge in [-0.2, -0.15) is 5.10 Å². The quantitative estimate of drug-likeness (QED) is 0.847. The summed E-state index contributed by atoms with van der Waals surface area (Å²) in [5, 5.41) is 9.83. The fourth-order valence-corrected chi connectivity index (χ4v) is 3.46. The van der Waals surface area contributed by atoms with E-state index < -0.39 is 18.3 Å². The number of hydrogen-bond acceptors (Lipinski definition) is 3. The molecule has 0 radical (unpaired) electrons. The van der Waals surface area contributed by atoms with Crippen molar-refractivity contribution in [2.75, 3.05) is 6.54 Å². The number of amides is 2. The molecule has 0 aliphatic carbocycles. The summed E-state index contributed by atoms with van der Waals surface area (Å²) in [6.45, 7) is 5.56. The number of aromatic amines is 1. The van der Waals surface area contributed by atoms with Crippen LogP contribution >= 0.6 is 0 Å². The Morgan fingerprint density at radius 2 is 1.89 bits per heavy atom. The van der Waals surface area contributed by atoms with Crippen molar-refractivity contribution in [1.82, 2.24) is 20.4 Å². The first-order valence-electron chi connectivity index (χ1n) is 9.17. The van der Waals surface area contributed by atoms with Crippen LogP contribution in [0, 0.1) is 0 Å². The maximum atomic E-state index is 13.8. The number of rotatable bonds is 5. The summed E-state index contributed by atoms with van der Waals surface area (Å²) in [6.07, 6.45) is 0.458. The normalized spacial score (nSPS) is 20.7. The smallest absolute Gasteiger partial charge is 0.243 e. The number of H-pyrrole nitrogens is 1. The zero-order chi connectivity index (χ0) is 19.6. The van der Waals surface area contributed by atoms with Crippen LogP contribution in [0.5, 0.6) is 0 Å². The molecular formula is C20H25FN4O2. The highest BCUT2D eigenvalue weighted by Gasteiger charge is 2.39. The molecule has 0 spiro atoms. The number of nitrogens with zero attached hydrogens (tertiary/aromatic N) is 2. The minimum absolute atomic E-state index is 0.0212. The van der Waals surface area contributed by atoms with Gasteiger partial charge in [0.05, 0.1) is 18.3 Å². The number of aromatic nitrogens is 2. The van der Waals surface area contributed by atoms with Gasteiger partial charge in [0.1, 0.15) is 12.2 Å². The third-order valence-electron chi connectivity index (χ3n) is 5.01. The van der Waals surface area contributed by atoms with Crippen molar-refractivity contribution in [2.24, 2.45) is 0 Å². The van der Waals surface area contributed by atoms with E-state index in [1.54, 1.807) is 12.3 Å². The van der Waals surface area contributed by atoms with Crippen LogP contribution in [0.3, 0.4) is 0 Å². The highest BCUT2D eigenvalue weighted by molar-refractivity contribution is 5.88. The molecule has 0 bridgehead atoms. The predicted molar refractivity (Wildman–Crippen MR) is 99.8 cm³/mol. The van der Waals surface area contributed by atoms with Crippen molar-refractivity contribution in [3.05, 3.63) is 53.3 Å². The van der Waals surface area contributed by atoms with Gasteiger partial charge in [0.2, 0.25) is 11.8 Å². The van der Waals surface area contributed by atoms with Crippen LogP contribution in [0.4, 0.5) is 4.39 Å². The standard InChI is InChI=1S/C20H25FN4O2/c1-12(2)14-4-6-15(7-5-14)19(17-8-9-22-24-17)23-20(27)18-10-16(21)11-25(18)13(3)26/h4-9,12,16,18-19H,10-11H2,1-3H3,(H,22,24)(H,23,27)/t16-,18+,19+/m1/s1. The Kier molecular flexibility index (Phi) is 5.58. The third kappa shape index (κ3) is 4.18. The van der Waals surface area contributed by atoms with Gasteiger partial charge < -0.3 is 10.2 Å². The molecule has 7 heteroatoms. The molecule has 2 amide bonds. The molecule has 2 aromatic rings. The summed E-state index contributed by atoms with van der Waals surface area (Å²) >= 11 is 0. The number of halogens is 1. The second-order valence-electron chi connectivity index (χ2n) is 7.30. The molecule has 1 aliphatic heterocycles. The molecule has 27 heavy (non-hydrogen) atoms. The van der Waals surface area contributed by atoms with Crippen molar-refractivity contribution in [2.45, 2.75) is 51.4 Å². The van der Waals surface area contributed by atoms with Gasteiger partial charge in [0.15, 0.2) is 0 Å². The molecule has 2 heterocycles. The lowest BCUT2D eigenvalue weighted by Crippen LogP contribution is -2.46. The van der Waals surface area contributed by atoms with Crippen LogP contribution in [-0.2, 0) is 9.59 Å². The minimum Gasteiger partial charge on any atom is -0.342 e. The highest BCUT2D eigenvalue weighted by atomic mass is 19.1. The van der Waals surface area contributed by atoms with E-state index in [9.17, 15) is 14.0 Å². The van der Waals surface area contributed by atoms with Crippen molar-refractivity contribution in [3.8, 4) is 0 Å². The largest absolute Gasteiger partial charge is 0.342 e. The third-order valence-corrected chi connectivity index (χ3v) is 5.01. The number of nitrogens with one attached hydrogen (secondary N) is 2. The summed E-state index contributed by atoms with van der Waals surface area (Å²) in [6, 6.07) is 8.55. The number of alkyl halides is 1. The Morgan fingerprint density at radius 3 is 2.44 bits per heavy atom. The zero-order valence-electron chi connectivity index (χ0n) is 15.8. The van der Waals surface area contributed by atoms with Gasteiger partial charge in [-0.05, 0) is 23.1 Å². The molecular weight excluding hydrogens is 347 g/mol. The van der Waals surface area contributed by atoms with E-state index in [2.05, 4.69) is 29.4 Å². The van der Waals surface area contributed by atoms with Crippen LogP contribution in [-0.4, -0.2) is 45.7 Å². The molecule has 1 aromatic carbocycles. The summed E-state index contributed by atoms with van der Waals surface area (Å²) in [4.78, 5) is 25.9. The van der Waals surface area contributed by atoms with Gasteiger partial charge in [-0.25, -0.2) is 4.39 Å². The molecule has 3 atom stereocenters. The Morgan fingerprint density at radius 1 is 1.22 bits per heavy atom. The van der Waals surface area contributed by atoms with Crippen LogP contribution in [0.25, 0.3) is 0 Å². The van der Waals surface area contributed by atoms with Gasteiger partial charge in [-0.15, -0.1) is 0 Å². The lowest BCUT2D eigenvalue weighted by Gasteiger charge is -2.25. The average Bonchev–Trinajstić information content (AvgIpc) is 3.29. The fraction of sp³-hybridized carbons (Fsp3) is 0.450. The van der Waals surface area contributed by atoms with E-state index in [1.165, 1.54) is 17.4 Å². The number of carbonyl (C=O) groups is 2. The molecule has 1 aromatic heterocycles. The van der Waals surface area contributed by atoms with E-state index in [0.29, 0.717) is 5.92 Å². The molecule has 144 valence electrons. The summed E-state index contributed by atoms with van der Waals surface area (Å²) in [7, 11) is 0. The van der Waals surface area contributed by atoms with Crippen LogP contribution in [0.2, 0.25) is 0 Å². The Bertz CT molecular complexity index is 789. The molecule has 1 saturated heterocycles. The lowest BCUT2D eigenvalue weighted by molar-refractivity contribution is -0.137. The first-order valence-corrected chi connectivity index (χ1v) is 9.17. The Balaban J connectivity index is 1.84. The van der Waals surface area contributed by atoms with Crippen LogP contribution in [0.1, 0.15) is 56.0 Å². The van der Waals surface area contributed by atoms with E-state index in [0.717, 1.165) is 11.3 Å². The first kappa shape index (κ1) is 19.1. The monoisotopic (exact) mass is 372 g/mol. The molecule has 2 N–H and O–H groups in total. The molecule has 6 nitrogen and oxygen atoms in total. The molecule has 1 fully saturated rings. The number of carbonyl (C=O) groups excluding carboxylic acids is 2. The van der Waals surface area contributed by atoms with Gasteiger partial charge in [-0.3, -0.25) is 14.7 Å². The van der Waals surface area contributed by atoms with Crippen molar-refractivity contribution in [1.29, 1.82) is 0 Å². The summed E-state index contributed by atoms with van der Waals surface area (Å²) in [5.74, 6) is -0.254. The number of hydrogen-bond donors (Lipinski definition) is 2. The predicted octanol–water partition coefficient (Wildman–Crippen LogP) is 2.70. The van der Waals surface area contributed by atoms with E-state index in [4.69, 9.17) is 0 Å². The maximum Gasteiger partial charge on any atom is 0.243 e. The van der Waals surface area contributed by atoms with Crippen molar-refractivity contribution in [3.63, 3.8) is 0 Å². The van der Waals surface area contributed by atoms with Gasteiger partial charge in [0.25, 0.3) is 0 Å². The van der Waals surface area contributed by atoms with Crippen LogP contribution < -0.4 is 5.32 Å². The highest BCUT2D eigenvalue weighted by Crippen LogP contribution is 2.26. The summed E-state index contributed by atoms with van der Waals surface area (Å²) < 4.78 is 13.8. The summed E-state index contributed by atoms with van der Waals surface area (Å²) in [5.41, 5.74) is 2.82. The van der Waals surface area contributed by atoms with E-state index >= 15 is 0 Å². The second-order valence-corrected chi connectivity index (χ2v) is 7.30. The minimum atomic E-state index is -1.18. The number of likely N-dealkylation sites (tertiary alicyclic amines) is 1. The second kappa shape index (κ2) is 7.90. The van der Waals surface area contributed by atoms with Crippen molar-refractivity contribution >= 4 is 11.8 Å². The zero-order valence-corrected chi connectivity index (χ0v) is 15.8. The SMILES string of the molecule is CC(=O)N1C[C@H](F)C[C@H]1C(=O)N[C@@H](c1ccc(C(C)C)cc1)c1ccn[nH]1. The van der Waals surface area contributed by atoms with Crippen molar-refractivity contribution < 1.29 is 14.0 Å². The van der Waals surface area contributed by atoms with Gasteiger partial charge in [0, 0.05) is 19.5 Å². The van der Waals surface area contributed by atoms with E-state index in [1.807, 2.05) is 24.3 Å².